The second-order valence-electron chi connectivity index (χ2n) is 5.13. The minimum Gasteiger partial charge on any atom is -0.294 e. The summed E-state index contributed by atoms with van der Waals surface area (Å²) in [7, 11) is 0. The lowest BCUT2D eigenvalue weighted by Crippen LogP contribution is -2.03. The Morgan fingerprint density at radius 2 is 2.06 bits per heavy atom. The number of hydrogen-bond acceptors (Lipinski definition) is 2. The molecule has 1 nitrogen and oxygen atoms in total. The van der Waals surface area contributed by atoms with Gasteiger partial charge in [0.1, 0.15) is 0 Å². The predicted octanol–water partition coefficient (Wildman–Crippen LogP) is 4.35. The van der Waals surface area contributed by atoms with Gasteiger partial charge in [0, 0.05) is 22.3 Å². The van der Waals surface area contributed by atoms with Gasteiger partial charge in [-0.25, -0.2) is 0 Å². The molecule has 2 atom stereocenters. The average molecular weight is 256 g/mol. The van der Waals surface area contributed by atoms with E-state index in [-0.39, 0.29) is 5.92 Å². The van der Waals surface area contributed by atoms with E-state index in [2.05, 4.69) is 31.4 Å². The number of ketones is 1. The fourth-order valence-corrected chi connectivity index (χ4v) is 3.32. The first-order valence-corrected chi connectivity index (χ1v) is 7.19. The highest BCUT2D eigenvalue weighted by Gasteiger charge is 2.44. The van der Waals surface area contributed by atoms with E-state index in [9.17, 15) is 4.79 Å². The summed E-state index contributed by atoms with van der Waals surface area (Å²) >= 11 is 1.76. The van der Waals surface area contributed by atoms with E-state index < -0.39 is 0 Å². The van der Waals surface area contributed by atoms with Gasteiger partial charge in [-0.15, -0.1) is 11.3 Å². The molecule has 1 aliphatic carbocycles. The van der Waals surface area contributed by atoms with Gasteiger partial charge < -0.3 is 0 Å². The number of Topliss-reactive ketones (excluding diaryl/α,β-unsaturated/α-hetero) is 1. The molecule has 1 fully saturated rings. The zero-order chi connectivity index (χ0) is 12.7. The van der Waals surface area contributed by atoms with Crippen LogP contribution in [0.4, 0.5) is 0 Å². The molecule has 2 aromatic rings. The van der Waals surface area contributed by atoms with Crippen LogP contribution < -0.4 is 0 Å². The minimum absolute atomic E-state index is 0.214. The summed E-state index contributed by atoms with van der Waals surface area (Å²) in [5.41, 5.74) is 3.33. The highest BCUT2D eigenvalue weighted by molar-refractivity contribution is 7.10. The van der Waals surface area contributed by atoms with Crippen molar-refractivity contribution >= 4 is 17.1 Å². The second-order valence-corrected chi connectivity index (χ2v) is 6.11. The molecule has 0 radical (unpaired) electrons. The van der Waals surface area contributed by atoms with Gasteiger partial charge in [0.05, 0.1) is 0 Å². The van der Waals surface area contributed by atoms with Gasteiger partial charge in [0.2, 0.25) is 0 Å². The molecule has 92 valence electrons. The molecule has 0 N–H and O–H groups in total. The van der Waals surface area contributed by atoms with Crippen LogP contribution >= 0.6 is 11.3 Å². The quantitative estimate of drug-likeness (QED) is 0.746. The van der Waals surface area contributed by atoms with Crippen molar-refractivity contribution in [2.24, 2.45) is 5.92 Å². The van der Waals surface area contributed by atoms with Crippen LogP contribution in [-0.2, 0) is 0 Å². The summed E-state index contributed by atoms with van der Waals surface area (Å²) in [6, 6.07) is 10.2. The zero-order valence-electron chi connectivity index (χ0n) is 10.6. The van der Waals surface area contributed by atoms with Gasteiger partial charge in [-0.3, -0.25) is 4.79 Å². The van der Waals surface area contributed by atoms with Crippen LogP contribution in [0.5, 0.6) is 0 Å². The molecule has 0 spiro atoms. The summed E-state index contributed by atoms with van der Waals surface area (Å²) in [6.07, 6.45) is 1.02. The average Bonchev–Trinajstić information content (AvgIpc) is 2.98. The third-order valence-electron chi connectivity index (χ3n) is 3.83. The van der Waals surface area contributed by atoms with Crippen LogP contribution in [0.1, 0.15) is 38.7 Å². The third kappa shape index (κ3) is 2.01. The van der Waals surface area contributed by atoms with Crippen molar-refractivity contribution in [3.8, 4) is 0 Å². The number of hydrogen-bond donors (Lipinski definition) is 0. The van der Waals surface area contributed by atoms with Crippen molar-refractivity contribution in [1.82, 2.24) is 0 Å². The van der Waals surface area contributed by atoms with E-state index in [1.165, 1.54) is 16.0 Å². The summed E-state index contributed by atoms with van der Waals surface area (Å²) in [4.78, 5) is 13.7. The fourth-order valence-electron chi connectivity index (χ4n) is 2.41. The molecule has 1 heterocycles. The molecular formula is C16H16OS. The molecule has 1 aromatic carbocycles. The molecule has 1 aliphatic rings. The maximum atomic E-state index is 12.4. The minimum atomic E-state index is 0.214. The number of benzene rings is 1. The fraction of sp³-hybridized carbons (Fsp3) is 0.312. The number of thiophene rings is 1. The van der Waals surface area contributed by atoms with Crippen molar-refractivity contribution in [3.63, 3.8) is 0 Å². The van der Waals surface area contributed by atoms with Crippen LogP contribution in [0.15, 0.2) is 35.7 Å². The van der Waals surface area contributed by atoms with Gasteiger partial charge in [-0.05, 0) is 48.9 Å². The Morgan fingerprint density at radius 3 is 2.72 bits per heavy atom. The lowest BCUT2D eigenvalue weighted by molar-refractivity contribution is 0.0965. The van der Waals surface area contributed by atoms with E-state index in [1.807, 2.05) is 18.2 Å². The Labute approximate surface area is 111 Å². The molecule has 0 bridgehead atoms. The maximum absolute atomic E-state index is 12.4. The smallest absolute Gasteiger partial charge is 0.166 e. The molecule has 18 heavy (non-hydrogen) atoms. The molecule has 1 aromatic heterocycles. The second kappa shape index (κ2) is 4.36. The Hall–Kier alpha value is -1.41. The van der Waals surface area contributed by atoms with Crippen molar-refractivity contribution in [2.45, 2.75) is 26.2 Å². The molecular weight excluding hydrogens is 240 g/mol. The maximum Gasteiger partial charge on any atom is 0.166 e. The largest absolute Gasteiger partial charge is 0.294 e. The predicted molar refractivity (Wildman–Crippen MR) is 75.4 cm³/mol. The number of carbonyl (C=O) groups is 1. The van der Waals surface area contributed by atoms with E-state index in [0.29, 0.717) is 11.7 Å². The topological polar surface area (TPSA) is 17.1 Å². The van der Waals surface area contributed by atoms with Crippen molar-refractivity contribution in [1.29, 1.82) is 0 Å². The molecule has 0 saturated heterocycles. The van der Waals surface area contributed by atoms with Crippen molar-refractivity contribution < 1.29 is 4.79 Å². The van der Waals surface area contributed by atoms with Gasteiger partial charge in [0.15, 0.2) is 5.78 Å². The van der Waals surface area contributed by atoms with Gasteiger partial charge in [-0.2, -0.15) is 0 Å². The van der Waals surface area contributed by atoms with Crippen LogP contribution in [0, 0.1) is 19.8 Å². The number of rotatable bonds is 3. The standard InChI is InChI=1S/C16H16OS/c1-10-5-6-12(8-11(10)2)16(17)14-9-13(14)15-4-3-7-18-15/h3-8,13-14H,9H2,1-2H3. The molecule has 1 saturated carbocycles. The summed E-state index contributed by atoms with van der Waals surface area (Å²) in [5, 5.41) is 2.09. The van der Waals surface area contributed by atoms with Crippen LogP contribution in [0.3, 0.4) is 0 Å². The first-order valence-electron chi connectivity index (χ1n) is 6.31. The molecule has 2 unspecified atom stereocenters. The lowest BCUT2D eigenvalue weighted by Gasteiger charge is -2.04. The first kappa shape index (κ1) is 11.7. The summed E-state index contributed by atoms with van der Waals surface area (Å²) in [5.74, 6) is 1.00. The molecule has 0 amide bonds. The molecule has 3 rings (SSSR count). The van der Waals surface area contributed by atoms with Gasteiger partial charge in [-0.1, -0.05) is 18.2 Å². The molecule has 0 aliphatic heterocycles. The van der Waals surface area contributed by atoms with Crippen LogP contribution in [0.25, 0.3) is 0 Å². The third-order valence-corrected chi connectivity index (χ3v) is 4.83. The monoisotopic (exact) mass is 256 g/mol. The Bertz CT molecular complexity index is 583. The lowest BCUT2D eigenvalue weighted by atomic mass is 10.0. The summed E-state index contributed by atoms with van der Waals surface area (Å²) < 4.78 is 0. The van der Waals surface area contributed by atoms with Crippen molar-refractivity contribution in [3.05, 3.63) is 57.3 Å². The van der Waals surface area contributed by atoms with Crippen LogP contribution in [0.2, 0.25) is 0 Å². The van der Waals surface area contributed by atoms with Gasteiger partial charge >= 0.3 is 0 Å². The summed E-state index contributed by atoms with van der Waals surface area (Å²) in [6.45, 7) is 4.14. The Balaban J connectivity index is 1.78. The van der Waals surface area contributed by atoms with Crippen molar-refractivity contribution in [2.75, 3.05) is 0 Å². The number of aryl methyl sites for hydroxylation is 2. The SMILES string of the molecule is Cc1ccc(C(=O)C2CC2c2cccs2)cc1C. The van der Waals surface area contributed by atoms with E-state index in [4.69, 9.17) is 0 Å². The van der Waals surface area contributed by atoms with Crippen LogP contribution in [-0.4, -0.2) is 5.78 Å². The highest BCUT2D eigenvalue weighted by Crippen LogP contribution is 2.50. The highest BCUT2D eigenvalue weighted by atomic mass is 32.1. The number of carbonyl (C=O) groups excluding carboxylic acids is 1. The Morgan fingerprint density at radius 1 is 1.22 bits per heavy atom. The zero-order valence-corrected chi connectivity index (χ0v) is 11.5. The first-order chi connectivity index (χ1) is 8.66. The molecule has 2 heteroatoms. The normalized spacial score (nSPS) is 21.9. The Kier molecular flexibility index (Phi) is 2.83. The van der Waals surface area contributed by atoms with E-state index >= 15 is 0 Å². The van der Waals surface area contributed by atoms with E-state index in [1.54, 1.807) is 11.3 Å². The van der Waals surface area contributed by atoms with E-state index in [0.717, 1.165) is 12.0 Å². The van der Waals surface area contributed by atoms with Gasteiger partial charge in [0.25, 0.3) is 0 Å².